The molecule has 4 rings (SSSR count). The van der Waals surface area contributed by atoms with Crippen molar-refractivity contribution in [3.8, 4) is 0 Å². The summed E-state index contributed by atoms with van der Waals surface area (Å²) in [6.45, 7) is 10.0. The van der Waals surface area contributed by atoms with E-state index in [4.69, 9.17) is 4.74 Å². The van der Waals surface area contributed by atoms with E-state index in [9.17, 15) is 13.2 Å². The summed E-state index contributed by atoms with van der Waals surface area (Å²) in [4.78, 5) is 13.3. The van der Waals surface area contributed by atoms with E-state index >= 15 is 0 Å². The second-order valence-electron chi connectivity index (χ2n) is 9.82. The number of carbonyl (C=O) groups is 1. The van der Waals surface area contributed by atoms with Crippen LogP contribution in [0.5, 0.6) is 0 Å². The Kier molecular flexibility index (Phi) is 5.07. The minimum atomic E-state index is -3.65. The average molecular weight is 421 g/mol. The van der Waals surface area contributed by atoms with Gasteiger partial charge in [-0.2, -0.15) is 4.31 Å². The summed E-state index contributed by atoms with van der Waals surface area (Å²) >= 11 is 0. The maximum Gasteiger partial charge on any atom is 0.251 e. The van der Waals surface area contributed by atoms with Gasteiger partial charge in [0, 0.05) is 24.7 Å². The lowest BCUT2D eigenvalue weighted by Gasteiger charge is -2.43. The molecule has 3 fully saturated rings. The molecule has 29 heavy (non-hydrogen) atoms. The summed E-state index contributed by atoms with van der Waals surface area (Å²) in [5, 5.41) is 3.27. The van der Waals surface area contributed by atoms with Crippen LogP contribution in [0.3, 0.4) is 0 Å². The first-order valence-electron chi connectivity index (χ1n) is 10.6. The third-order valence-electron chi connectivity index (χ3n) is 7.58. The molecule has 0 aromatic heterocycles. The summed E-state index contributed by atoms with van der Waals surface area (Å²) in [5.74, 6) is 0.448. The van der Waals surface area contributed by atoms with Crippen molar-refractivity contribution >= 4 is 15.9 Å². The Morgan fingerprint density at radius 1 is 1.21 bits per heavy atom. The molecule has 0 spiro atoms. The third kappa shape index (κ3) is 3.41. The predicted molar refractivity (Wildman–Crippen MR) is 111 cm³/mol. The van der Waals surface area contributed by atoms with E-state index in [1.165, 1.54) is 16.8 Å². The maximum atomic E-state index is 13.1. The summed E-state index contributed by atoms with van der Waals surface area (Å²) in [6.07, 6.45) is 3.51. The largest absolute Gasteiger partial charge is 0.379 e. The summed E-state index contributed by atoms with van der Waals surface area (Å²) in [5.41, 5.74) is 1.23. The van der Waals surface area contributed by atoms with Crippen LogP contribution >= 0.6 is 0 Å². The monoisotopic (exact) mass is 420 g/mol. The van der Waals surface area contributed by atoms with Gasteiger partial charge in [-0.05, 0) is 60.6 Å². The van der Waals surface area contributed by atoms with Gasteiger partial charge in [0.1, 0.15) is 0 Å². The van der Waals surface area contributed by atoms with Crippen LogP contribution in [0.2, 0.25) is 0 Å². The summed E-state index contributed by atoms with van der Waals surface area (Å²) < 4.78 is 33.0. The fraction of sp³-hybridized carbons (Fsp3) is 0.682. The molecular weight excluding hydrogens is 388 g/mol. The number of carbonyl (C=O) groups excluding carboxylic acids is 1. The molecule has 0 unspecified atom stereocenters. The quantitative estimate of drug-likeness (QED) is 0.813. The number of sulfonamides is 1. The predicted octanol–water partition coefficient (Wildman–Crippen LogP) is 2.96. The van der Waals surface area contributed by atoms with E-state index in [-0.39, 0.29) is 27.7 Å². The highest BCUT2D eigenvalue weighted by atomic mass is 32.2. The van der Waals surface area contributed by atoms with Crippen LogP contribution in [0.15, 0.2) is 23.1 Å². The Morgan fingerprint density at radius 3 is 2.52 bits per heavy atom. The average Bonchev–Trinajstić information content (AvgIpc) is 3.17. The lowest BCUT2D eigenvalue weighted by atomic mass is 9.68. The Hall–Kier alpha value is -1.44. The standard InChI is InChI=1S/C22H32N2O4S/c1-15-5-6-16(13-18(15)29(26,27)24-9-11-28-12-10-24)19(25)23-20-21(2,3)17-7-8-22(20,4)14-17/h5-6,13,17,20H,7-12,14H2,1-4H3,(H,23,25)/t17-,20+,22+/m1/s1. The van der Waals surface area contributed by atoms with Crippen molar-refractivity contribution in [2.45, 2.75) is 57.9 Å². The fourth-order valence-corrected chi connectivity index (χ4v) is 7.48. The van der Waals surface area contributed by atoms with Gasteiger partial charge in [0.15, 0.2) is 0 Å². The summed E-state index contributed by atoms with van der Waals surface area (Å²) in [7, 11) is -3.65. The van der Waals surface area contributed by atoms with E-state index in [1.54, 1.807) is 19.1 Å². The minimum absolute atomic E-state index is 0.0517. The number of aryl methyl sites for hydroxylation is 1. The molecule has 2 saturated carbocycles. The Balaban J connectivity index is 1.60. The van der Waals surface area contributed by atoms with E-state index in [2.05, 4.69) is 26.1 Å². The molecule has 1 amide bonds. The maximum absolute atomic E-state index is 13.1. The van der Waals surface area contributed by atoms with E-state index in [0.717, 1.165) is 12.8 Å². The number of hydrogen-bond donors (Lipinski definition) is 1. The Morgan fingerprint density at radius 2 is 1.90 bits per heavy atom. The summed E-state index contributed by atoms with van der Waals surface area (Å²) in [6, 6.07) is 5.10. The molecule has 3 aliphatic rings. The number of fused-ring (bicyclic) bond motifs is 2. The van der Waals surface area contributed by atoms with Gasteiger partial charge in [0.05, 0.1) is 18.1 Å². The third-order valence-corrected chi connectivity index (χ3v) is 9.62. The molecule has 1 aromatic carbocycles. The molecule has 1 aromatic rings. The van der Waals surface area contributed by atoms with E-state index in [1.807, 2.05) is 0 Å². The number of nitrogens with one attached hydrogen (secondary N) is 1. The molecule has 1 aliphatic heterocycles. The van der Waals surface area contributed by atoms with Crippen molar-refractivity contribution in [3.05, 3.63) is 29.3 Å². The number of nitrogens with zero attached hydrogens (tertiary/aromatic N) is 1. The molecule has 1 N–H and O–H groups in total. The minimum Gasteiger partial charge on any atom is -0.379 e. The van der Waals surface area contributed by atoms with Gasteiger partial charge in [-0.3, -0.25) is 4.79 Å². The fourth-order valence-electron chi connectivity index (χ4n) is 5.82. The number of ether oxygens (including phenoxy) is 1. The molecule has 2 bridgehead atoms. The van der Waals surface area contributed by atoms with Crippen LogP contribution < -0.4 is 5.32 Å². The van der Waals surface area contributed by atoms with Crippen molar-refractivity contribution in [2.75, 3.05) is 26.3 Å². The van der Waals surface area contributed by atoms with Crippen LogP contribution in [0.25, 0.3) is 0 Å². The topological polar surface area (TPSA) is 75.7 Å². The molecule has 2 aliphatic carbocycles. The lowest BCUT2D eigenvalue weighted by molar-refractivity contribution is 0.0728. The van der Waals surface area contributed by atoms with Gasteiger partial charge in [-0.1, -0.05) is 26.8 Å². The van der Waals surface area contributed by atoms with Crippen molar-refractivity contribution in [2.24, 2.45) is 16.7 Å². The van der Waals surface area contributed by atoms with Crippen LogP contribution in [-0.4, -0.2) is 51.0 Å². The van der Waals surface area contributed by atoms with Gasteiger partial charge in [0.25, 0.3) is 5.91 Å². The molecular formula is C22H32N2O4S. The van der Waals surface area contributed by atoms with Gasteiger partial charge in [-0.25, -0.2) is 8.42 Å². The van der Waals surface area contributed by atoms with E-state index in [0.29, 0.717) is 43.3 Å². The van der Waals surface area contributed by atoms with Crippen LogP contribution in [0.4, 0.5) is 0 Å². The molecule has 3 atom stereocenters. The number of amides is 1. The molecule has 0 radical (unpaired) electrons. The zero-order valence-corrected chi connectivity index (χ0v) is 18.6. The number of morpholine rings is 1. The number of rotatable bonds is 4. The normalized spacial score (nSPS) is 31.7. The van der Waals surface area contributed by atoms with Crippen LogP contribution in [0.1, 0.15) is 56.0 Å². The van der Waals surface area contributed by atoms with Crippen molar-refractivity contribution < 1.29 is 17.9 Å². The zero-order valence-electron chi connectivity index (χ0n) is 17.8. The molecule has 6 nitrogen and oxygen atoms in total. The van der Waals surface area contributed by atoms with Crippen molar-refractivity contribution in [3.63, 3.8) is 0 Å². The van der Waals surface area contributed by atoms with E-state index < -0.39 is 10.0 Å². The first-order chi connectivity index (χ1) is 13.6. The van der Waals surface area contributed by atoms with Crippen molar-refractivity contribution in [1.82, 2.24) is 9.62 Å². The van der Waals surface area contributed by atoms with Gasteiger partial charge in [-0.15, -0.1) is 0 Å². The van der Waals surface area contributed by atoms with Crippen molar-refractivity contribution in [1.29, 1.82) is 0 Å². The highest BCUT2D eigenvalue weighted by Gasteiger charge is 2.59. The number of hydrogen-bond acceptors (Lipinski definition) is 4. The number of benzene rings is 1. The Labute approximate surface area is 174 Å². The second kappa shape index (κ2) is 7.06. The second-order valence-corrected chi connectivity index (χ2v) is 11.7. The van der Waals surface area contributed by atoms with Gasteiger partial charge < -0.3 is 10.1 Å². The highest BCUT2D eigenvalue weighted by Crippen LogP contribution is 2.62. The molecule has 1 saturated heterocycles. The highest BCUT2D eigenvalue weighted by molar-refractivity contribution is 7.89. The molecule has 1 heterocycles. The Bertz CT molecular complexity index is 916. The van der Waals surface area contributed by atoms with Crippen LogP contribution in [-0.2, 0) is 14.8 Å². The zero-order chi connectivity index (χ0) is 21.0. The molecule has 7 heteroatoms. The smallest absolute Gasteiger partial charge is 0.251 e. The first kappa shape index (κ1) is 20.8. The van der Waals surface area contributed by atoms with Crippen LogP contribution in [0, 0.1) is 23.7 Å². The first-order valence-corrected chi connectivity index (χ1v) is 12.0. The molecule has 160 valence electrons. The SMILES string of the molecule is Cc1ccc(C(=O)N[C@H]2C(C)(C)[C@@H]3CC[C@@]2(C)C3)cc1S(=O)(=O)N1CCOCC1. The van der Waals surface area contributed by atoms with Gasteiger partial charge >= 0.3 is 0 Å². The van der Waals surface area contributed by atoms with Gasteiger partial charge in [0.2, 0.25) is 10.0 Å². The lowest BCUT2D eigenvalue weighted by Crippen LogP contribution is -2.52.